The highest BCUT2D eigenvalue weighted by atomic mass is 32.2. The Kier molecular flexibility index (Phi) is 3.87. The number of imidazole rings is 1. The quantitative estimate of drug-likeness (QED) is 0.638. The Morgan fingerprint density at radius 1 is 1.05 bits per heavy atom. The van der Waals surface area contributed by atoms with Gasteiger partial charge in [0, 0.05) is 21.1 Å². The minimum Gasteiger partial charge on any atom is -0.316 e. The molecular weight excluding hydrogens is 344 g/mol. The van der Waals surface area contributed by atoms with E-state index in [-0.39, 0.29) is 5.56 Å². The molecule has 0 amide bonds. The van der Waals surface area contributed by atoms with Gasteiger partial charge < -0.3 is 4.57 Å². The lowest BCUT2D eigenvalue weighted by atomic mass is 10.5. The predicted molar refractivity (Wildman–Crippen MR) is 87.0 cm³/mol. The van der Waals surface area contributed by atoms with E-state index < -0.39 is 5.69 Å². The van der Waals surface area contributed by atoms with E-state index in [2.05, 4.69) is 14.3 Å². The topological polar surface area (TPSA) is 87.6 Å². The summed E-state index contributed by atoms with van der Waals surface area (Å²) in [4.78, 5) is 33.0. The van der Waals surface area contributed by atoms with E-state index in [0.717, 1.165) is 8.91 Å². The molecule has 0 aromatic carbocycles. The highest BCUT2D eigenvalue weighted by Crippen LogP contribution is 2.30. The van der Waals surface area contributed by atoms with Gasteiger partial charge in [-0.1, -0.05) is 11.8 Å². The maximum absolute atomic E-state index is 12.3. The molecule has 0 bridgehead atoms. The summed E-state index contributed by atoms with van der Waals surface area (Å²) in [6.07, 6.45) is 1.91. The van der Waals surface area contributed by atoms with E-state index in [1.165, 1.54) is 46.7 Å². The van der Waals surface area contributed by atoms with E-state index in [1.54, 1.807) is 18.7 Å². The van der Waals surface area contributed by atoms with Crippen LogP contribution in [0.1, 0.15) is 0 Å². The Bertz CT molecular complexity index is 982. The summed E-state index contributed by atoms with van der Waals surface area (Å²) in [5.74, 6) is 0. The molecule has 0 saturated carbocycles. The minimum absolute atomic E-state index is 0.359. The number of aromatic nitrogens is 6. The van der Waals surface area contributed by atoms with Crippen molar-refractivity contribution in [1.82, 2.24) is 28.0 Å². The van der Waals surface area contributed by atoms with Crippen molar-refractivity contribution in [3.8, 4) is 0 Å². The molecule has 0 radical (unpaired) electrons. The average Bonchev–Trinajstić information content (AvgIpc) is 3.09. The van der Waals surface area contributed by atoms with Gasteiger partial charge in [0.1, 0.15) is 0 Å². The van der Waals surface area contributed by atoms with E-state index >= 15 is 0 Å². The van der Waals surface area contributed by atoms with Gasteiger partial charge in [-0.2, -0.15) is 4.37 Å². The molecule has 0 unspecified atom stereocenters. The van der Waals surface area contributed by atoms with Gasteiger partial charge >= 0.3 is 5.69 Å². The normalized spacial score (nSPS) is 11.5. The lowest BCUT2D eigenvalue weighted by molar-refractivity contribution is 0.705. The van der Waals surface area contributed by atoms with Crippen LogP contribution >= 0.6 is 35.1 Å². The largest absolute Gasteiger partial charge is 0.332 e. The first-order valence-electron chi connectivity index (χ1n) is 6.12. The zero-order valence-corrected chi connectivity index (χ0v) is 14.7. The van der Waals surface area contributed by atoms with Gasteiger partial charge in [0.2, 0.25) is 5.16 Å². The van der Waals surface area contributed by atoms with Crippen LogP contribution in [0.3, 0.4) is 0 Å². The second-order valence-corrected chi connectivity index (χ2v) is 7.22. The van der Waals surface area contributed by atoms with E-state index in [1.807, 2.05) is 6.26 Å². The first kappa shape index (κ1) is 15.3. The molecule has 3 aromatic rings. The second-order valence-electron chi connectivity index (χ2n) is 4.48. The van der Waals surface area contributed by atoms with Crippen LogP contribution in [0.5, 0.6) is 0 Å². The smallest absolute Gasteiger partial charge is 0.316 e. The fourth-order valence-corrected chi connectivity index (χ4v) is 4.15. The Hall–Kier alpha value is -1.59. The molecule has 0 spiro atoms. The molecular formula is C11H12N6O2S3. The van der Waals surface area contributed by atoms with E-state index in [0.29, 0.717) is 21.5 Å². The molecule has 0 fully saturated rings. The first-order chi connectivity index (χ1) is 10.4. The third kappa shape index (κ3) is 2.29. The summed E-state index contributed by atoms with van der Waals surface area (Å²) in [6, 6.07) is 0. The minimum atomic E-state index is -0.396. The molecule has 0 atom stereocenters. The maximum atomic E-state index is 12.3. The van der Waals surface area contributed by atoms with Crippen molar-refractivity contribution in [3.63, 3.8) is 0 Å². The van der Waals surface area contributed by atoms with Crippen molar-refractivity contribution in [2.45, 2.75) is 14.7 Å². The summed E-state index contributed by atoms with van der Waals surface area (Å²) < 4.78 is 9.06. The van der Waals surface area contributed by atoms with Crippen molar-refractivity contribution in [2.75, 3.05) is 6.26 Å². The fraction of sp³-hybridized carbons (Fsp3) is 0.364. The Morgan fingerprint density at radius 2 is 1.77 bits per heavy atom. The van der Waals surface area contributed by atoms with Gasteiger partial charge in [-0.05, 0) is 29.6 Å². The van der Waals surface area contributed by atoms with Crippen LogP contribution in [0.4, 0.5) is 0 Å². The van der Waals surface area contributed by atoms with Crippen molar-refractivity contribution in [2.24, 2.45) is 21.1 Å². The number of aryl methyl sites for hydroxylation is 2. The Balaban J connectivity index is 2.18. The van der Waals surface area contributed by atoms with Gasteiger partial charge in [-0.15, -0.1) is 0 Å². The average molecular weight is 356 g/mol. The summed E-state index contributed by atoms with van der Waals surface area (Å²) in [5, 5.41) is 1.30. The molecule has 3 rings (SSSR count). The highest BCUT2D eigenvalue weighted by Gasteiger charge is 2.18. The van der Waals surface area contributed by atoms with E-state index in [4.69, 9.17) is 0 Å². The second kappa shape index (κ2) is 5.56. The molecule has 0 N–H and O–H groups in total. The van der Waals surface area contributed by atoms with Gasteiger partial charge in [0.25, 0.3) is 5.56 Å². The van der Waals surface area contributed by atoms with Crippen LogP contribution in [-0.2, 0) is 21.1 Å². The first-order valence-corrected chi connectivity index (χ1v) is 8.93. The van der Waals surface area contributed by atoms with Crippen molar-refractivity contribution < 1.29 is 0 Å². The number of fused-ring (bicyclic) bond motifs is 1. The van der Waals surface area contributed by atoms with Crippen LogP contribution in [0.25, 0.3) is 11.2 Å². The van der Waals surface area contributed by atoms with E-state index in [9.17, 15) is 9.59 Å². The zero-order chi connectivity index (χ0) is 16.0. The number of nitrogens with zero attached hydrogens (tertiary/aromatic N) is 6. The number of rotatable bonds is 3. The number of hydrogen-bond donors (Lipinski definition) is 0. The third-order valence-electron chi connectivity index (χ3n) is 3.18. The van der Waals surface area contributed by atoms with Crippen molar-refractivity contribution in [1.29, 1.82) is 0 Å². The molecule has 0 aliphatic carbocycles. The van der Waals surface area contributed by atoms with Gasteiger partial charge in [-0.3, -0.25) is 13.9 Å². The number of hydrogen-bond acceptors (Lipinski definition) is 8. The van der Waals surface area contributed by atoms with Crippen molar-refractivity contribution >= 4 is 46.2 Å². The van der Waals surface area contributed by atoms with Gasteiger partial charge in [-0.25, -0.2) is 14.8 Å². The fourth-order valence-electron chi connectivity index (χ4n) is 1.99. The van der Waals surface area contributed by atoms with Crippen molar-refractivity contribution in [3.05, 3.63) is 20.8 Å². The lowest BCUT2D eigenvalue weighted by Gasteiger charge is -2.03. The molecule has 3 aromatic heterocycles. The molecule has 0 aliphatic heterocycles. The standard InChI is InChI=1S/C11H12N6O2S3/c1-15-5-6(16(2)11(19)17(3)7(5)18)12-9(15)21-10-13-8(20-4)14-22-10/h1-4H3. The molecule has 116 valence electrons. The summed E-state index contributed by atoms with van der Waals surface area (Å²) in [6.45, 7) is 0. The lowest BCUT2D eigenvalue weighted by Crippen LogP contribution is -2.37. The monoisotopic (exact) mass is 356 g/mol. The molecule has 22 heavy (non-hydrogen) atoms. The van der Waals surface area contributed by atoms with Crippen LogP contribution in [0.15, 0.2) is 24.2 Å². The molecule has 8 nitrogen and oxygen atoms in total. The maximum Gasteiger partial charge on any atom is 0.332 e. The van der Waals surface area contributed by atoms with Gasteiger partial charge in [0.05, 0.1) is 0 Å². The molecule has 0 aliphatic rings. The molecule has 3 heterocycles. The predicted octanol–water partition coefficient (Wildman–Crippen LogP) is 0.695. The number of thioether (sulfide) groups is 1. The van der Waals surface area contributed by atoms with Crippen LogP contribution < -0.4 is 11.2 Å². The van der Waals surface area contributed by atoms with Gasteiger partial charge in [0.15, 0.2) is 20.7 Å². The van der Waals surface area contributed by atoms with Crippen LogP contribution in [0.2, 0.25) is 0 Å². The molecule has 11 heteroatoms. The highest BCUT2D eigenvalue weighted by molar-refractivity contribution is 8.01. The summed E-state index contributed by atoms with van der Waals surface area (Å²) in [5.41, 5.74) is 0.00385. The summed E-state index contributed by atoms with van der Waals surface area (Å²) >= 11 is 4.07. The SMILES string of the molecule is CSc1nsc(Sc2nc3c(c(=O)n(C)c(=O)n3C)n2C)n1. The van der Waals surface area contributed by atoms with Crippen LogP contribution in [0, 0.1) is 0 Å². The third-order valence-corrected chi connectivity index (χ3v) is 5.65. The Labute approximate surface area is 137 Å². The van der Waals surface area contributed by atoms with Crippen LogP contribution in [-0.4, -0.2) is 34.3 Å². The Morgan fingerprint density at radius 3 is 2.41 bits per heavy atom. The summed E-state index contributed by atoms with van der Waals surface area (Å²) in [7, 11) is 4.81. The molecule has 0 saturated heterocycles. The zero-order valence-electron chi connectivity index (χ0n) is 12.2.